The molecule has 0 saturated heterocycles. The van der Waals surface area contributed by atoms with Crippen molar-refractivity contribution >= 4 is 6.34 Å². The van der Waals surface area contributed by atoms with Crippen molar-refractivity contribution in [1.29, 1.82) is 0 Å². The van der Waals surface area contributed by atoms with Crippen LogP contribution in [0, 0.1) is 0 Å². The van der Waals surface area contributed by atoms with Crippen LogP contribution >= 0.6 is 0 Å². The largest absolute Gasteiger partial charge is 0.390 e. The van der Waals surface area contributed by atoms with Gasteiger partial charge in [-0.05, 0) is 61.8 Å². The van der Waals surface area contributed by atoms with E-state index < -0.39 is 29.8 Å². The number of benzene rings is 1. The van der Waals surface area contributed by atoms with Crippen LogP contribution in [0.3, 0.4) is 0 Å². The first kappa shape index (κ1) is 38.4. The number of nitrogens with one attached hydrogen (secondary N) is 2. The highest BCUT2D eigenvalue weighted by Gasteiger charge is 2.36. The maximum absolute atomic E-state index is 14.6. The molecular formula is C34H58F2N6O. The average molecular weight is 605 g/mol. The predicted molar refractivity (Wildman–Crippen MR) is 178 cm³/mol. The second kappa shape index (κ2) is 18.9. The molecule has 3 unspecified atom stereocenters. The number of hydrazine groups is 1. The first-order chi connectivity index (χ1) is 20.3. The number of allylic oxidation sites excluding steroid dienone is 3. The number of halogens is 2. The molecule has 9 heteroatoms. The van der Waals surface area contributed by atoms with Gasteiger partial charge in [-0.25, -0.2) is 14.6 Å². The standard InChI is InChI=1S/C32H52F2N6O.C2H6/c1-7-16-37-24(3)28(34)20-27(33)17-23(2)18-29(40(36)22-39-35)30(41)21-38-32(14-9-8-10-15-32)26-13-11-12-25(19-26)31(4,5)6;1-2/h11-13,17,19-20,22,24,29-30,37-38,41H,2,7-10,14-16,18,21,35-36H2,1,3-6H3;1-2H3/b27-17+,28-20+,39-22-;. The molecule has 2 rings (SSSR count). The highest BCUT2D eigenvalue weighted by molar-refractivity contribution is 5.54. The molecule has 1 aromatic carbocycles. The second-order valence-corrected chi connectivity index (χ2v) is 12.3. The van der Waals surface area contributed by atoms with E-state index in [1.807, 2.05) is 20.8 Å². The van der Waals surface area contributed by atoms with Gasteiger partial charge in [-0.3, -0.25) is 5.01 Å². The lowest BCUT2D eigenvalue weighted by atomic mass is 9.74. The molecule has 244 valence electrons. The van der Waals surface area contributed by atoms with Gasteiger partial charge in [0.1, 0.15) is 18.0 Å². The average Bonchev–Trinajstić information content (AvgIpc) is 2.98. The SMILES string of the molecule is C=C(/C=C(F)\C=C(\F)C(C)NCCC)CC(C(O)CNC1(c2cccc(C(C)(C)C)c2)CCCCC1)N(N)/C=N\N.CC. The monoisotopic (exact) mass is 604 g/mol. The summed E-state index contributed by atoms with van der Waals surface area (Å²) in [6, 6.07) is 7.40. The van der Waals surface area contributed by atoms with Crippen molar-refractivity contribution in [3.63, 3.8) is 0 Å². The number of aliphatic hydroxyl groups excluding tert-OH is 1. The minimum atomic E-state index is -0.957. The number of nitrogens with zero attached hydrogens (tertiary/aromatic N) is 2. The molecule has 3 atom stereocenters. The van der Waals surface area contributed by atoms with Crippen LogP contribution in [0.5, 0.6) is 0 Å². The molecule has 1 aliphatic carbocycles. The Bertz CT molecular complexity index is 1060. The quantitative estimate of drug-likeness (QED) is 0.0507. The van der Waals surface area contributed by atoms with Gasteiger partial charge < -0.3 is 21.6 Å². The third-order valence-corrected chi connectivity index (χ3v) is 7.87. The Kier molecular flexibility index (Phi) is 16.9. The zero-order valence-electron chi connectivity index (χ0n) is 27.6. The summed E-state index contributed by atoms with van der Waals surface area (Å²) >= 11 is 0. The van der Waals surface area contributed by atoms with Crippen molar-refractivity contribution in [3.05, 3.63) is 71.4 Å². The zero-order valence-corrected chi connectivity index (χ0v) is 27.6. The van der Waals surface area contributed by atoms with Crippen LogP contribution in [-0.2, 0) is 11.0 Å². The van der Waals surface area contributed by atoms with Crippen molar-refractivity contribution in [2.24, 2.45) is 16.8 Å². The van der Waals surface area contributed by atoms with E-state index in [9.17, 15) is 13.9 Å². The fourth-order valence-electron chi connectivity index (χ4n) is 5.32. The topological polar surface area (TPSA) is 112 Å². The lowest BCUT2D eigenvalue weighted by molar-refractivity contribution is 0.0714. The Morgan fingerprint density at radius 3 is 2.42 bits per heavy atom. The molecule has 7 nitrogen and oxygen atoms in total. The number of rotatable bonds is 15. The van der Waals surface area contributed by atoms with Crippen LogP contribution in [0.4, 0.5) is 8.78 Å². The number of hydrogen-bond acceptors (Lipinski definition) is 6. The minimum absolute atomic E-state index is 0.0173. The summed E-state index contributed by atoms with van der Waals surface area (Å²) in [5, 5.41) is 22.7. The number of nitrogens with two attached hydrogens (primary N) is 2. The highest BCUT2D eigenvalue weighted by Crippen LogP contribution is 2.38. The molecule has 0 aromatic heterocycles. The molecule has 1 aliphatic rings. The van der Waals surface area contributed by atoms with Gasteiger partial charge in [0.2, 0.25) is 0 Å². The summed E-state index contributed by atoms with van der Waals surface area (Å²) in [4.78, 5) is 0. The molecule has 7 N–H and O–H groups in total. The Labute approximate surface area is 259 Å². The van der Waals surface area contributed by atoms with E-state index in [4.69, 9.17) is 11.7 Å². The van der Waals surface area contributed by atoms with E-state index in [1.165, 1.54) is 28.9 Å². The summed E-state index contributed by atoms with van der Waals surface area (Å²) < 4.78 is 29.0. The Hall–Kier alpha value is -2.59. The molecule has 0 radical (unpaired) electrons. The van der Waals surface area contributed by atoms with Crippen molar-refractivity contribution in [1.82, 2.24) is 15.6 Å². The van der Waals surface area contributed by atoms with E-state index in [0.29, 0.717) is 12.1 Å². The van der Waals surface area contributed by atoms with Crippen LogP contribution in [0.2, 0.25) is 0 Å². The molecule has 1 aromatic rings. The number of aliphatic hydroxyl groups is 1. The number of hydrogen-bond donors (Lipinski definition) is 5. The van der Waals surface area contributed by atoms with Crippen LogP contribution in [0.1, 0.15) is 105 Å². The van der Waals surface area contributed by atoms with E-state index in [-0.39, 0.29) is 23.9 Å². The molecule has 0 spiro atoms. The summed E-state index contributed by atoms with van der Waals surface area (Å²) in [6.45, 7) is 19.0. The zero-order chi connectivity index (χ0) is 32.6. The van der Waals surface area contributed by atoms with Crippen molar-refractivity contribution in [2.45, 2.75) is 123 Å². The van der Waals surface area contributed by atoms with Gasteiger partial charge in [0, 0.05) is 18.2 Å². The molecule has 1 fully saturated rings. The van der Waals surface area contributed by atoms with Gasteiger partial charge in [-0.1, -0.05) is 97.2 Å². The first-order valence-electron chi connectivity index (χ1n) is 15.8. The van der Waals surface area contributed by atoms with Crippen molar-refractivity contribution < 1.29 is 13.9 Å². The summed E-state index contributed by atoms with van der Waals surface area (Å²) in [5.74, 6) is 10.1. The van der Waals surface area contributed by atoms with Gasteiger partial charge in [0.05, 0.1) is 18.2 Å². The van der Waals surface area contributed by atoms with E-state index in [0.717, 1.165) is 44.3 Å². The Morgan fingerprint density at radius 2 is 1.84 bits per heavy atom. The summed E-state index contributed by atoms with van der Waals surface area (Å²) in [5.41, 5.74) is 2.56. The molecular weight excluding hydrogens is 546 g/mol. The lowest BCUT2D eigenvalue weighted by Crippen LogP contribution is -2.54. The maximum Gasteiger partial charge on any atom is 0.126 e. The summed E-state index contributed by atoms with van der Waals surface area (Å²) in [6.07, 6.45) is 8.50. The molecule has 0 amide bonds. The lowest BCUT2D eigenvalue weighted by Gasteiger charge is -2.41. The predicted octanol–water partition coefficient (Wildman–Crippen LogP) is 6.61. The molecule has 1 saturated carbocycles. The van der Waals surface area contributed by atoms with E-state index >= 15 is 0 Å². The fraction of sp³-hybridized carbons (Fsp3) is 0.618. The molecule has 0 heterocycles. The normalized spacial score (nSPS) is 18.0. The fourth-order valence-corrected chi connectivity index (χ4v) is 5.32. The van der Waals surface area contributed by atoms with Gasteiger partial charge in [-0.15, -0.1) is 0 Å². The van der Waals surface area contributed by atoms with Gasteiger partial charge in [0.25, 0.3) is 0 Å². The van der Waals surface area contributed by atoms with Gasteiger partial charge in [-0.2, -0.15) is 5.10 Å². The third kappa shape index (κ3) is 12.5. The second-order valence-electron chi connectivity index (χ2n) is 12.3. The minimum Gasteiger partial charge on any atom is -0.390 e. The van der Waals surface area contributed by atoms with Crippen LogP contribution in [0.25, 0.3) is 0 Å². The Balaban J connectivity index is 0.00000452. The smallest absolute Gasteiger partial charge is 0.126 e. The van der Waals surface area contributed by atoms with E-state index in [2.05, 4.69) is 67.4 Å². The maximum atomic E-state index is 14.6. The Morgan fingerprint density at radius 1 is 1.19 bits per heavy atom. The van der Waals surface area contributed by atoms with Crippen LogP contribution < -0.4 is 22.3 Å². The van der Waals surface area contributed by atoms with Crippen molar-refractivity contribution in [3.8, 4) is 0 Å². The first-order valence-corrected chi connectivity index (χ1v) is 15.8. The summed E-state index contributed by atoms with van der Waals surface area (Å²) in [7, 11) is 0. The van der Waals surface area contributed by atoms with Crippen LogP contribution in [0.15, 0.2) is 65.3 Å². The van der Waals surface area contributed by atoms with E-state index in [1.54, 1.807) is 6.92 Å². The molecule has 0 aliphatic heterocycles. The van der Waals surface area contributed by atoms with Crippen LogP contribution in [-0.4, -0.2) is 47.7 Å². The van der Waals surface area contributed by atoms with Crippen molar-refractivity contribution in [2.75, 3.05) is 13.1 Å². The van der Waals surface area contributed by atoms with Gasteiger partial charge >= 0.3 is 0 Å². The molecule has 0 bridgehead atoms. The third-order valence-electron chi connectivity index (χ3n) is 7.87. The molecule has 43 heavy (non-hydrogen) atoms. The highest BCUT2D eigenvalue weighted by atomic mass is 19.1. The van der Waals surface area contributed by atoms with Gasteiger partial charge in [0.15, 0.2) is 0 Å². The number of hydrazone groups is 1.